The first kappa shape index (κ1) is 39.5. The van der Waals surface area contributed by atoms with Gasteiger partial charge in [-0.15, -0.1) is 0 Å². The molecule has 0 saturated heterocycles. The van der Waals surface area contributed by atoms with Gasteiger partial charge in [0.15, 0.2) is 0 Å². The Morgan fingerprint density at radius 2 is 0.765 bits per heavy atom. The van der Waals surface area contributed by atoms with Crippen molar-refractivity contribution in [2.24, 2.45) is 0 Å². The summed E-state index contributed by atoms with van der Waals surface area (Å²) < 4.78 is 0. The molecule has 10 nitrogen and oxygen atoms in total. The normalized spacial score (nSPS) is 9.97. The summed E-state index contributed by atoms with van der Waals surface area (Å²) >= 11 is 0. The van der Waals surface area contributed by atoms with Gasteiger partial charge in [0, 0.05) is 24.8 Å². The Bertz CT molecular complexity index is 412. The van der Waals surface area contributed by atoms with Crippen LogP contribution in [0, 0.1) is 0 Å². The third kappa shape index (κ3) is 37.6. The fourth-order valence-electron chi connectivity index (χ4n) is 2.34. The van der Waals surface area contributed by atoms with Gasteiger partial charge in [-0.25, -0.2) is 0 Å². The Morgan fingerprint density at radius 3 is 0.882 bits per heavy atom. The minimum atomic E-state index is -2.97. The molecule has 0 aromatic heterocycles. The van der Waals surface area contributed by atoms with Gasteiger partial charge >= 0.3 is 0 Å². The zero-order chi connectivity index (χ0) is 27.3. The average molecular weight is 496 g/mol. The molecule has 0 bridgehead atoms. The highest BCUT2D eigenvalue weighted by molar-refractivity contribution is 5.86. The number of carbonyl (C=O) groups is 3. The molecular weight excluding hydrogens is 442 g/mol. The van der Waals surface area contributed by atoms with Crippen molar-refractivity contribution >= 4 is 17.9 Å². The van der Waals surface area contributed by atoms with E-state index in [0.29, 0.717) is 0 Å². The lowest BCUT2D eigenvalue weighted by Crippen LogP contribution is -2.84. The highest BCUT2D eigenvalue weighted by atomic mass is 16.4. The Balaban J connectivity index is -0.000000186. The van der Waals surface area contributed by atoms with Gasteiger partial charge in [0.05, 0.1) is 45.2 Å². The van der Waals surface area contributed by atoms with Gasteiger partial charge < -0.3 is 50.8 Å². The summed E-state index contributed by atoms with van der Waals surface area (Å²) in [6.07, 6.45) is 5.12. The van der Waals surface area contributed by atoms with Crippen LogP contribution in [0.4, 0.5) is 0 Å². The summed E-state index contributed by atoms with van der Waals surface area (Å²) in [6, 6.07) is 0. The van der Waals surface area contributed by atoms with Gasteiger partial charge in [-0.2, -0.15) is 0 Å². The minimum Gasteiger partial charge on any atom is -0.550 e. The number of aliphatic hydroxyl groups is 1. The molecular formula is C24H53N3O7. The van der Waals surface area contributed by atoms with E-state index in [2.05, 4.69) is 57.5 Å². The third-order valence-corrected chi connectivity index (χ3v) is 4.21. The van der Waals surface area contributed by atoms with Crippen molar-refractivity contribution in [1.82, 2.24) is 0 Å². The number of rotatable bonds is 17. The lowest BCUT2D eigenvalue weighted by Gasteiger charge is -2.29. The van der Waals surface area contributed by atoms with Crippen molar-refractivity contribution in [1.29, 1.82) is 0 Å². The summed E-state index contributed by atoms with van der Waals surface area (Å²) in [5, 5.41) is 46.0. The Kier molecular flexibility index (Phi) is 36.3. The number of quaternary nitrogens is 3. The van der Waals surface area contributed by atoms with E-state index in [-0.39, 0.29) is 0 Å². The lowest BCUT2D eigenvalue weighted by atomic mass is 9.96. The maximum absolute atomic E-state index is 10.1. The first-order valence-electron chi connectivity index (χ1n) is 12.8. The van der Waals surface area contributed by atoms with Gasteiger partial charge in [-0.05, 0) is 38.5 Å². The predicted octanol–water partition coefficient (Wildman–Crippen LogP) is -4.14. The SMILES string of the molecule is CCC[NH2+]CCC.CCC[NH2+]CCC.CCC[NH2+]CCC.O=C([O-])CC(O)(CC(=O)[O-])C(=O)[O-]. The van der Waals surface area contributed by atoms with Crippen molar-refractivity contribution in [3.05, 3.63) is 0 Å². The van der Waals surface area contributed by atoms with Crippen LogP contribution in [-0.4, -0.2) is 67.9 Å². The van der Waals surface area contributed by atoms with E-state index >= 15 is 0 Å². The van der Waals surface area contributed by atoms with E-state index in [1.807, 2.05) is 0 Å². The lowest BCUT2D eigenvalue weighted by molar-refractivity contribution is -0.654. The van der Waals surface area contributed by atoms with E-state index in [9.17, 15) is 29.7 Å². The molecule has 7 N–H and O–H groups in total. The third-order valence-electron chi connectivity index (χ3n) is 4.21. The molecule has 0 aromatic rings. The molecule has 0 aliphatic rings. The number of hydrogen-bond acceptors (Lipinski definition) is 7. The predicted molar refractivity (Wildman–Crippen MR) is 126 cm³/mol. The zero-order valence-corrected chi connectivity index (χ0v) is 22.5. The van der Waals surface area contributed by atoms with Crippen LogP contribution in [0.3, 0.4) is 0 Å². The monoisotopic (exact) mass is 495 g/mol. The van der Waals surface area contributed by atoms with E-state index in [1.165, 1.54) is 77.8 Å². The van der Waals surface area contributed by atoms with E-state index in [4.69, 9.17) is 5.11 Å². The molecule has 0 aliphatic heterocycles. The van der Waals surface area contributed by atoms with Crippen LogP contribution in [-0.2, 0) is 14.4 Å². The second kappa shape index (κ2) is 31.2. The van der Waals surface area contributed by atoms with Crippen LogP contribution in [0.25, 0.3) is 0 Å². The van der Waals surface area contributed by atoms with Crippen LogP contribution in [0.1, 0.15) is 92.9 Å². The summed E-state index contributed by atoms with van der Waals surface area (Å²) in [7, 11) is 0. The standard InChI is InChI=1S/3C6H15N.C6H8O7/c3*1-3-5-7-6-4-2;7-3(8)1-6(13,5(11)12)2-4(9)10/h3*7H,3-6H2,1-2H3;13H,1-2H2,(H,7,8)(H,9,10)(H,11,12). The van der Waals surface area contributed by atoms with Crippen molar-refractivity contribution in [3.8, 4) is 0 Å². The molecule has 0 atom stereocenters. The van der Waals surface area contributed by atoms with Gasteiger partial charge in [0.1, 0.15) is 5.60 Å². The van der Waals surface area contributed by atoms with Crippen molar-refractivity contribution < 1.29 is 50.8 Å². The fraction of sp³-hybridized carbons (Fsp3) is 0.875. The van der Waals surface area contributed by atoms with E-state index < -0.39 is 36.4 Å². The molecule has 0 amide bonds. The number of hydrogen-bond donors (Lipinski definition) is 4. The average Bonchev–Trinajstić information content (AvgIpc) is 2.75. The number of carboxylic acids is 3. The Morgan fingerprint density at radius 1 is 0.559 bits per heavy atom. The second-order valence-electron chi connectivity index (χ2n) is 8.01. The summed E-state index contributed by atoms with van der Waals surface area (Å²) in [4.78, 5) is 30.0. The molecule has 0 radical (unpaired) electrons. The quantitative estimate of drug-likeness (QED) is 0.147. The largest absolute Gasteiger partial charge is 0.550 e. The number of aliphatic carboxylic acids is 3. The van der Waals surface area contributed by atoms with Crippen LogP contribution in [0.2, 0.25) is 0 Å². The maximum Gasteiger partial charge on any atom is 0.114 e. The summed E-state index contributed by atoms with van der Waals surface area (Å²) in [5.41, 5.74) is -2.97. The smallest absolute Gasteiger partial charge is 0.114 e. The van der Waals surface area contributed by atoms with Gasteiger partial charge in [-0.3, -0.25) is 0 Å². The van der Waals surface area contributed by atoms with Gasteiger partial charge in [0.2, 0.25) is 0 Å². The van der Waals surface area contributed by atoms with Crippen LogP contribution >= 0.6 is 0 Å². The Labute approximate surface area is 206 Å². The molecule has 34 heavy (non-hydrogen) atoms. The molecule has 0 fully saturated rings. The molecule has 0 saturated carbocycles. The van der Waals surface area contributed by atoms with Gasteiger partial charge in [-0.1, -0.05) is 41.5 Å². The topological polar surface area (TPSA) is 190 Å². The van der Waals surface area contributed by atoms with Crippen molar-refractivity contribution in [2.75, 3.05) is 39.3 Å². The number of carboxylic acid groups (broad SMARTS) is 3. The maximum atomic E-state index is 10.1. The van der Waals surface area contributed by atoms with Crippen LogP contribution in [0.15, 0.2) is 0 Å². The molecule has 0 spiro atoms. The number of carbonyl (C=O) groups excluding carboxylic acids is 3. The molecule has 0 aromatic carbocycles. The molecule has 0 unspecified atom stereocenters. The van der Waals surface area contributed by atoms with Crippen molar-refractivity contribution in [3.63, 3.8) is 0 Å². The highest BCUT2D eigenvalue weighted by Gasteiger charge is 2.29. The summed E-state index contributed by atoms with van der Waals surface area (Å²) in [5.74, 6) is -5.98. The minimum absolute atomic E-state index is 1.30. The molecule has 0 aliphatic carbocycles. The van der Waals surface area contributed by atoms with E-state index in [1.54, 1.807) is 0 Å². The van der Waals surface area contributed by atoms with Crippen LogP contribution < -0.4 is 31.3 Å². The first-order chi connectivity index (χ1) is 16.0. The Hall–Kier alpha value is -1.75. The highest BCUT2D eigenvalue weighted by Crippen LogP contribution is 2.13. The first-order valence-corrected chi connectivity index (χ1v) is 12.8. The summed E-state index contributed by atoms with van der Waals surface area (Å²) in [6.45, 7) is 21.1. The van der Waals surface area contributed by atoms with Gasteiger partial charge in [0.25, 0.3) is 0 Å². The van der Waals surface area contributed by atoms with Crippen molar-refractivity contribution in [2.45, 2.75) is 98.5 Å². The second-order valence-corrected chi connectivity index (χ2v) is 8.01. The zero-order valence-electron chi connectivity index (χ0n) is 22.5. The fourth-order valence-corrected chi connectivity index (χ4v) is 2.34. The number of nitrogens with two attached hydrogens (primary N) is 3. The van der Waals surface area contributed by atoms with E-state index in [0.717, 1.165) is 0 Å². The van der Waals surface area contributed by atoms with Crippen LogP contribution in [0.5, 0.6) is 0 Å². The molecule has 0 heterocycles. The molecule has 10 heteroatoms. The molecule has 0 rings (SSSR count). The molecule has 206 valence electrons.